The van der Waals surface area contributed by atoms with Crippen LogP contribution in [0.2, 0.25) is 0 Å². The highest BCUT2D eigenvalue weighted by molar-refractivity contribution is 5.67. The third kappa shape index (κ3) is 6.77. The van der Waals surface area contributed by atoms with Gasteiger partial charge in [0.1, 0.15) is 12.6 Å². The summed E-state index contributed by atoms with van der Waals surface area (Å²) in [6, 6.07) is 0. The first-order valence-corrected chi connectivity index (χ1v) is 6.85. The Morgan fingerprint density at radius 3 is 2.39 bits per heavy atom. The summed E-state index contributed by atoms with van der Waals surface area (Å²) in [5.74, 6) is -0.794. The van der Waals surface area contributed by atoms with E-state index in [4.69, 9.17) is 5.11 Å². The molecule has 0 radical (unpaired) electrons. The van der Waals surface area contributed by atoms with Gasteiger partial charge in [-0.1, -0.05) is 12.5 Å². The molecule has 0 saturated carbocycles. The van der Waals surface area contributed by atoms with Crippen molar-refractivity contribution >= 4 is 5.97 Å². The SMILES string of the molecule is C=CCCCCC(O)C[N+](CC)(CC)CC(=O)O. The summed E-state index contributed by atoms with van der Waals surface area (Å²) in [4.78, 5) is 10.9. The maximum atomic E-state index is 10.9. The Labute approximate surface area is 111 Å². The minimum absolute atomic E-state index is 0.0940. The van der Waals surface area contributed by atoms with Gasteiger partial charge >= 0.3 is 5.97 Å². The Kier molecular flexibility index (Phi) is 8.67. The minimum atomic E-state index is -0.794. The molecule has 1 unspecified atom stereocenters. The van der Waals surface area contributed by atoms with E-state index in [2.05, 4.69) is 6.58 Å². The first-order valence-electron chi connectivity index (χ1n) is 6.85. The Morgan fingerprint density at radius 1 is 1.33 bits per heavy atom. The molecule has 18 heavy (non-hydrogen) atoms. The molecule has 0 rings (SSSR count). The summed E-state index contributed by atoms with van der Waals surface area (Å²) < 4.78 is 0.456. The van der Waals surface area contributed by atoms with Crippen molar-refractivity contribution in [2.45, 2.75) is 45.6 Å². The van der Waals surface area contributed by atoms with Gasteiger partial charge in [-0.25, -0.2) is 4.79 Å². The van der Waals surface area contributed by atoms with Crippen molar-refractivity contribution in [2.24, 2.45) is 0 Å². The van der Waals surface area contributed by atoms with Crippen LogP contribution >= 0.6 is 0 Å². The second-order valence-corrected chi connectivity index (χ2v) is 4.94. The predicted molar refractivity (Wildman–Crippen MR) is 73.4 cm³/mol. The lowest BCUT2D eigenvalue weighted by atomic mass is 10.1. The number of quaternary nitrogens is 1. The zero-order valence-electron chi connectivity index (χ0n) is 11.8. The van der Waals surface area contributed by atoms with Crippen molar-refractivity contribution < 1.29 is 19.5 Å². The van der Waals surface area contributed by atoms with Crippen LogP contribution in [0.15, 0.2) is 12.7 Å². The van der Waals surface area contributed by atoms with Crippen molar-refractivity contribution in [1.29, 1.82) is 0 Å². The molecule has 0 fully saturated rings. The smallest absolute Gasteiger partial charge is 0.359 e. The molecular weight excluding hydrogens is 230 g/mol. The summed E-state index contributed by atoms with van der Waals surface area (Å²) in [7, 11) is 0. The summed E-state index contributed by atoms with van der Waals surface area (Å²) in [6.45, 7) is 9.75. The number of aliphatic carboxylic acids is 1. The quantitative estimate of drug-likeness (QED) is 0.339. The molecule has 0 aromatic heterocycles. The van der Waals surface area contributed by atoms with E-state index in [0.717, 1.165) is 38.8 Å². The second kappa shape index (κ2) is 9.11. The number of rotatable bonds is 11. The van der Waals surface area contributed by atoms with Crippen LogP contribution in [0.3, 0.4) is 0 Å². The van der Waals surface area contributed by atoms with Crippen molar-refractivity contribution in [3.63, 3.8) is 0 Å². The molecular formula is C14H28NO3+. The van der Waals surface area contributed by atoms with Gasteiger partial charge in [0, 0.05) is 0 Å². The Hall–Kier alpha value is -0.870. The van der Waals surface area contributed by atoms with Gasteiger partial charge in [0.05, 0.1) is 13.1 Å². The number of unbranched alkanes of at least 4 members (excludes halogenated alkanes) is 2. The van der Waals surface area contributed by atoms with Gasteiger partial charge in [-0.15, -0.1) is 6.58 Å². The van der Waals surface area contributed by atoms with E-state index >= 15 is 0 Å². The molecule has 0 aliphatic rings. The fraction of sp³-hybridized carbons (Fsp3) is 0.786. The number of allylic oxidation sites excluding steroid dienone is 1. The van der Waals surface area contributed by atoms with E-state index in [1.54, 1.807) is 0 Å². The molecule has 2 N–H and O–H groups in total. The highest BCUT2D eigenvalue weighted by Crippen LogP contribution is 2.12. The predicted octanol–water partition coefficient (Wildman–Crippen LogP) is 2.03. The third-order valence-corrected chi connectivity index (χ3v) is 3.61. The van der Waals surface area contributed by atoms with Crippen LogP contribution in [0.4, 0.5) is 0 Å². The summed E-state index contributed by atoms with van der Waals surface area (Å²) in [5, 5.41) is 19.0. The van der Waals surface area contributed by atoms with E-state index in [9.17, 15) is 9.90 Å². The fourth-order valence-corrected chi connectivity index (χ4v) is 2.26. The van der Waals surface area contributed by atoms with Gasteiger partial charge in [0.2, 0.25) is 0 Å². The van der Waals surface area contributed by atoms with Crippen molar-refractivity contribution in [3.05, 3.63) is 12.7 Å². The van der Waals surface area contributed by atoms with Gasteiger partial charge < -0.3 is 14.7 Å². The second-order valence-electron chi connectivity index (χ2n) is 4.94. The first-order chi connectivity index (χ1) is 8.49. The molecule has 1 atom stereocenters. The van der Waals surface area contributed by atoms with Gasteiger partial charge in [0.15, 0.2) is 6.54 Å². The molecule has 4 nitrogen and oxygen atoms in total. The van der Waals surface area contributed by atoms with Crippen molar-refractivity contribution in [1.82, 2.24) is 0 Å². The number of likely N-dealkylation sites (N-methyl/N-ethyl adjacent to an activating group) is 1. The van der Waals surface area contributed by atoms with E-state index in [1.165, 1.54) is 0 Å². The highest BCUT2D eigenvalue weighted by atomic mass is 16.4. The van der Waals surface area contributed by atoms with Gasteiger partial charge in [0.25, 0.3) is 0 Å². The lowest BCUT2D eigenvalue weighted by Gasteiger charge is -2.36. The maximum absolute atomic E-state index is 10.9. The van der Waals surface area contributed by atoms with Crippen LogP contribution in [0, 0.1) is 0 Å². The zero-order chi connectivity index (χ0) is 14.0. The van der Waals surface area contributed by atoms with E-state index < -0.39 is 12.1 Å². The van der Waals surface area contributed by atoms with E-state index in [0.29, 0.717) is 11.0 Å². The Balaban J connectivity index is 4.21. The molecule has 0 bridgehead atoms. The first kappa shape index (κ1) is 17.1. The lowest BCUT2D eigenvalue weighted by molar-refractivity contribution is -0.920. The number of nitrogens with zero attached hydrogens (tertiary/aromatic N) is 1. The molecule has 106 valence electrons. The Morgan fingerprint density at radius 2 is 1.94 bits per heavy atom. The van der Waals surface area contributed by atoms with Gasteiger partial charge in [-0.05, 0) is 33.1 Å². The molecule has 0 aliphatic heterocycles. The average Bonchev–Trinajstić information content (AvgIpc) is 2.33. The normalized spacial score (nSPS) is 13.3. The highest BCUT2D eigenvalue weighted by Gasteiger charge is 2.29. The minimum Gasteiger partial charge on any atom is -0.477 e. The monoisotopic (exact) mass is 258 g/mol. The molecule has 0 spiro atoms. The van der Waals surface area contributed by atoms with E-state index in [-0.39, 0.29) is 6.54 Å². The molecule has 0 amide bonds. The van der Waals surface area contributed by atoms with Crippen molar-refractivity contribution in [2.75, 3.05) is 26.2 Å². The molecule has 0 aromatic rings. The Bertz CT molecular complexity index is 249. The number of carboxylic acids is 1. The average molecular weight is 258 g/mol. The topological polar surface area (TPSA) is 57.5 Å². The standard InChI is InChI=1S/C14H27NO3/c1-4-7-8-9-10-13(16)11-15(5-2,6-3)12-14(17)18/h4,13,16H,1,5-12H2,2-3H3/p+1. The van der Waals surface area contributed by atoms with E-state index in [1.807, 2.05) is 19.9 Å². The number of hydrogen-bond donors (Lipinski definition) is 2. The van der Waals surface area contributed by atoms with Crippen LogP contribution in [0.25, 0.3) is 0 Å². The lowest BCUT2D eigenvalue weighted by Crippen LogP contribution is -2.54. The number of carboxylic acid groups (broad SMARTS) is 1. The van der Waals surface area contributed by atoms with Crippen LogP contribution < -0.4 is 0 Å². The number of aliphatic hydroxyl groups excluding tert-OH is 1. The van der Waals surface area contributed by atoms with Crippen LogP contribution in [-0.4, -0.2) is 52.9 Å². The molecule has 0 aliphatic carbocycles. The molecule has 4 heteroatoms. The zero-order valence-corrected chi connectivity index (χ0v) is 11.8. The van der Waals surface area contributed by atoms with Gasteiger partial charge in [-0.2, -0.15) is 0 Å². The summed E-state index contributed by atoms with van der Waals surface area (Å²) in [5.41, 5.74) is 0. The summed E-state index contributed by atoms with van der Waals surface area (Å²) in [6.07, 6.45) is 5.20. The molecule has 0 aromatic carbocycles. The molecule has 0 saturated heterocycles. The van der Waals surface area contributed by atoms with Crippen LogP contribution in [-0.2, 0) is 4.79 Å². The van der Waals surface area contributed by atoms with Crippen LogP contribution in [0.1, 0.15) is 39.5 Å². The summed E-state index contributed by atoms with van der Waals surface area (Å²) >= 11 is 0. The fourth-order valence-electron chi connectivity index (χ4n) is 2.26. The maximum Gasteiger partial charge on any atom is 0.359 e. The van der Waals surface area contributed by atoms with Gasteiger partial charge in [-0.3, -0.25) is 0 Å². The number of carbonyl (C=O) groups is 1. The number of hydrogen-bond acceptors (Lipinski definition) is 2. The number of aliphatic hydroxyl groups is 1. The largest absolute Gasteiger partial charge is 0.477 e. The van der Waals surface area contributed by atoms with Crippen molar-refractivity contribution in [3.8, 4) is 0 Å². The van der Waals surface area contributed by atoms with Crippen LogP contribution in [0.5, 0.6) is 0 Å². The molecule has 0 heterocycles. The third-order valence-electron chi connectivity index (χ3n) is 3.61.